The third-order valence-electron chi connectivity index (χ3n) is 3.42. The first-order valence-corrected chi connectivity index (χ1v) is 7.42. The van der Waals surface area contributed by atoms with Crippen LogP contribution in [0.15, 0.2) is 0 Å². The average Bonchev–Trinajstić information content (AvgIpc) is 2.27. The van der Waals surface area contributed by atoms with Crippen LogP contribution in [0.3, 0.4) is 0 Å². The molecular formula is C15H32O. The Kier molecular flexibility index (Phi) is 13.0. The molecule has 0 aromatic heterocycles. The number of hydrogen-bond acceptors (Lipinski definition) is 1. The summed E-state index contributed by atoms with van der Waals surface area (Å²) in [7, 11) is 0. The van der Waals surface area contributed by atoms with Gasteiger partial charge in [0.25, 0.3) is 0 Å². The Morgan fingerprint density at radius 2 is 1.25 bits per heavy atom. The smallest absolute Gasteiger partial charge is 0.0433 e. The highest BCUT2D eigenvalue weighted by Crippen LogP contribution is 2.14. The second-order valence-electron chi connectivity index (χ2n) is 5.23. The molecule has 0 rings (SSSR count). The highest BCUT2D eigenvalue weighted by atomic mass is 16.3. The zero-order chi connectivity index (χ0) is 12.1. The van der Waals surface area contributed by atoms with Crippen LogP contribution in [0.2, 0.25) is 0 Å². The molecule has 0 heterocycles. The van der Waals surface area contributed by atoms with Crippen molar-refractivity contribution < 1.29 is 5.11 Å². The van der Waals surface area contributed by atoms with Gasteiger partial charge in [0, 0.05) is 6.61 Å². The summed E-state index contributed by atoms with van der Waals surface area (Å²) in [4.78, 5) is 0. The lowest BCUT2D eigenvalue weighted by atomic mass is 9.99. The van der Waals surface area contributed by atoms with Crippen LogP contribution in [0.25, 0.3) is 0 Å². The molecule has 0 aliphatic carbocycles. The molecule has 0 aliphatic rings. The topological polar surface area (TPSA) is 20.2 Å². The summed E-state index contributed by atoms with van der Waals surface area (Å²) in [6.07, 6.45) is 15.0. The van der Waals surface area contributed by atoms with Crippen LogP contribution in [0.1, 0.15) is 84.5 Å². The van der Waals surface area contributed by atoms with Crippen molar-refractivity contribution in [3.63, 3.8) is 0 Å². The molecule has 0 saturated heterocycles. The van der Waals surface area contributed by atoms with Gasteiger partial charge in [0.05, 0.1) is 0 Å². The maximum atomic E-state index is 8.78. The summed E-state index contributed by atoms with van der Waals surface area (Å²) in [5.74, 6) is 0.717. The first-order valence-electron chi connectivity index (χ1n) is 7.42. The van der Waals surface area contributed by atoms with Crippen molar-refractivity contribution in [1.29, 1.82) is 0 Å². The summed E-state index contributed by atoms with van der Waals surface area (Å²) < 4.78 is 0. The van der Waals surface area contributed by atoms with Crippen LogP contribution in [0.4, 0.5) is 0 Å². The maximum Gasteiger partial charge on any atom is 0.0433 e. The number of aliphatic hydroxyl groups excluding tert-OH is 1. The van der Waals surface area contributed by atoms with Crippen molar-refractivity contribution in [2.45, 2.75) is 84.5 Å². The van der Waals surface area contributed by atoms with Gasteiger partial charge in [0.2, 0.25) is 0 Å². The molecule has 0 fully saturated rings. The molecule has 1 heteroatoms. The van der Waals surface area contributed by atoms with Crippen molar-refractivity contribution in [3.8, 4) is 0 Å². The van der Waals surface area contributed by atoms with E-state index in [1.165, 1.54) is 64.2 Å². The number of unbranched alkanes of at least 4 members (excludes halogenated alkanes) is 8. The van der Waals surface area contributed by atoms with E-state index in [-0.39, 0.29) is 0 Å². The fraction of sp³-hybridized carbons (Fsp3) is 1.00. The molecule has 0 amide bonds. The fourth-order valence-electron chi connectivity index (χ4n) is 2.17. The summed E-state index contributed by atoms with van der Waals surface area (Å²) in [6, 6.07) is 0. The van der Waals surface area contributed by atoms with Gasteiger partial charge in [0.15, 0.2) is 0 Å². The van der Waals surface area contributed by atoms with E-state index in [1.807, 2.05) is 0 Å². The lowest BCUT2D eigenvalue weighted by Gasteiger charge is -2.08. The van der Waals surface area contributed by atoms with E-state index < -0.39 is 0 Å². The highest BCUT2D eigenvalue weighted by Gasteiger charge is 2.00. The minimum absolute atomic E-state index is 0.360. The molecular weight excluding hydrogens is 196 g/mol. The van der Waals surface area contributed by atoms with Gasteiger partial charge in [-0.1, -0.05) is 78.1 Å². The van der Waals surface area contributed by atoms with Gasteiger partial charge in [-0.05, 0) is 12.3 Å². The van der Waals surface area contributed by atoms with Crippen LogP contribution >= 0.6 is 0 Å². The minimum Gasteiger partial charge on any atom is -0.396 e. The van der Waals surface area contributed by atoms with Crippen molar-refractivity contribution in [1.82, 2.24) is 0 Å². The van der Waals surface area contributed by atoms with Crippen LogP contribution in [0, 0.1) is 5.92 Å². The standard InChI is InChI=1S/C15H32O/c1-3-4-5-6-7-8-9-10-11-12-15(2)13-14-16/h15-16H,3-14H2,1-2H3. The molecule has 0 aromatic carbocycles. The van der Waals surface area contributed by atoms with E-state index in [0.717, 1.165) is 12.3 Å². The monoisotopic (exact) mass is 228 g/mol. The van der Waals surface area contributed by atoms with E-state index in [4.69, 9.17) is 5.11 Å². The zero-order valence-corrected chi connectivity index (χ0v) is 11.5. The molecule has 16 heavy (non-hydrogen) atoms. The highest BCUT2D eigenvalue weighted by molar-refractivity contribution is 4.53. The summed E-state index contributed by atoms with van der Waals surface area (Å²) >= 11 is 0. The maximum absolute atomic E-state index is 8.78. The molecule has 0 aliphatic heterocycles. The van der Waals surface area contributed by atoms with Crippen molar-refractivity contribution in [3.05, 3.63) is 0 Å². The van der Waals surface area contributed by atoms with Gasteiger partial charge in [0.1, 0.15) is 0 Å². The van der Waals surface area contributed by atoms with E-state index in [2.05, 4.69) is 13.8 Å². The molecule has 1 atom stereocenters. The van der Waals surface area contributed by atoms with Gasteiger partial charge < -0.3 is 5.11 Å². The Hall–Kier alpha value is -0.0400. The van der Waals surface area contributed by atoms with Crippen molar-refractivity contribution in [2.24, 2.45) is 5.92 Å². The Morgan fingerprint density at radius 1 is 0.750 bits per heavy atom. The van der Waals surface area contributed by atoms with Gasteiger partial charge in [-0.15, -0.1) is 0 Å². The second kappa shape index (κ2) is 13.0. The molecule has 1 N–H and O–H groups in total. The van der Waals surface area contributed by atoms with Gasteiger partial charge >= 0.3 is 0 Å². The Labute approximate surface area is 103 Å². The second-order valence-corrected chi connectivity index (χ2v) is 5.23. The molecule has 0 aromatic rings. The Bertz CT molecular complexity index is 123. The molecule has 98 valence electrons. The Morgan fingerprint density at radius 3 is 1.75 bits per heavy atom. The first-order chi connectivity index (χ1) is 7.81. The van der Waals surface area contributed by atoms with Crippen molar-refractivity contribution in [2.75, 3.05) is 6.61 Å². The van der Waals surface area contributed by atoms with Gasteiger partial charge in [-0.25, -0.2) is 0 Å². The molecule has 0 saturated carbocycles. The normalized spacial score (nSPS) is 12.9. The quantitative estimate of drug-likeness (QED) is 0.470. The van der Waals surface area contributed by atoms with E-state index >= 15 is 0 Å². The molecule has 1 nitrogen and oxygen atoms in total. The minimum atomic E-state index is 0.360. The predicted molar refractivity (Wildman–Crippen MR) is 72.7 cm³/mol. The van der Waals surface area contributed by atoms with Crippen LogP contribution in [0.5, 0.6) is 0 Å². The van der Waals surface area contributed by atoms with Gasteiger partial charge in [-0.3, -0.25) is 0 Å². The fourth-order valence-corrected chi connectivity index (χ4v) is 2.17. The SMILES string of the molecule is CCCCCCCCCCCC(C)CCO. The largest absolute Gasteiger partial charge is 0.396 e. The predicted octanol–water partition coefficient (Wildman–Crippen LogP) is 4.93. The summed E-state index contributed by atoms with van der Waals surface area (Å²) in [6.45, 7) is 4.88. The molecule has 0 bridgehead atoms. The van der Waals surface area contributed by atoms with E-state index in [0.29, 0.717) is 6.61 Å². The molecule has 0 radical (unpaired) electrons. The third kappa shape index (κ3) is 12.0. The van der Waals surface area contributed by atoms with Gasteiger partial charge in [-0.2, -0.15) is 0 Å². The first kappa shape index (κ1) is 16.0. The van der Waals surface area contributed by atoms with Crippen LogP contribution in [-0.4, -0.2) is 11.7 Å². The zero-order valence-electron chi connectivity index (χ0n) is 11.5. The van der Waals surface area contributed by atoms with Crippen LogP contribution < -0.4 is 0 Å². The van der Waals surface area contributed by atoms with Crippen LogP contribution in [-0.2, 0) is 0 Å². The summed E-state index contributed by atoms with van der Waals surface area (Å²) in [5.41, 5.74) is 0. The van der Waals surface area contributed by atoms with E-state index in [9.17, 15) is 0 Å². The lowest BCUT2D eigenvalue weighted by molar-refractivity contribution is 0.256. The third-order valence-corrected chi connectivity index (χ3v) is 3.42. The number of hydrogen-bond donors (Lipinski definition) is 1. The number of rotatable bonds is 12. The lowest BCUT2D eigenvalue weighted by Crippen LogP contribution is -1.97. The number of aliphatic hydroxyl groups is 1. The Balaban J connectivity index is 2.98. The summed E-state index contributed by atoms with van der Waals surface area (Å²) in [5, 5.41) is 8.78. The van der Waals surface area contributed by atoms with E-state index in [1.54, 1.807) is 0 Å². The molecule has 0 spiro atoms. The average molecular weight is 228 g/mol. The molecule has 1 unspecified atom stereocenters. The van der Waals surface area contributed by atoms with Crippen molar-refractivity contribution >= 4 is 0 Å².